The lowest BCUT2D eigenvalue weighted by Crippen LogP contribution is -2.36. The van der Waals surface area contributed by atoms with Crippen LogP contribution in [0, 0.1) is 0 Å². The van der Waals surface area contributed by atoms with Gasteiger partial charge in [-0.1, -0.05) is 32.0 Å². The van der Waals surface area contributed by atoms with Crippen LogP contribution < -0.4 is 4.90 Å². The molecule has 1 aromatic heterocycles. The zero-order valence-electron chi connectivity index (χ0n) is 14.5. The van der Waals surface area contributed by atoms with E-state index in [1.54, 1.807) is 12.1 Å². The first-order valence-corrected chi connectivity index (χ1v) is 8.71. The van der Waals surface area contributed by atoms with E-state index in [2.05, 4.69) is 19.9 Å². The highest BCUT2D eigenvalue weighted by Crippen LogP contribution is 2.45. The minimum Gasteiger partial charge on any atom is -0.508 e. The van der Waals surface area contributed by atoms with E-state index < -0.39 is 0 Å². The number of nitrogens with zero attached hydrogens (tertiary/aromatic N) is 1. The van der Waals surface area contributed by atoms with Gasteiger partial charge in [-0.15, -0.1) is 0 Å². The summed E-state index contributed by atoms with van der Waals surface area (Å²) in [6.45, 7) is 5.05. The molecule has 0 radical (unpaired) electrons. The molecule has 0 aliphatic carbocycles. The van der Waals surface area contributed by atoms with Crippen LogP contribution in [0.4, 0.5) is 5.69 Å². The van der Waals surface area contributed by atoms with Gasteiger partial charge < -0.3 is 14.4 Å². The standard InChI is InChI=1S/C21H21NO3/c1-3-21(4-2)13-22(18-8-6-5-7-17(18)21)20(24)16-12-25-19-11-14(23)9-10-15(16)19/h5-12,23H,3-4,13H2,1-2H3. The number of benzene rings is 2. The number of hydrogen-bond donors (Lipinski definition) is 1. The number of phenols is 1. The molecule has 1 aliphatic rings. The third kappa shape index (κ3) is 2.24. The quantitative estimate of drug-likeness (QED) is 0.744. The third-order valence-corrected chi connectivity index (χ3v) is 5.62. The van der Waals surface area contributed by atoms with E-state index >= 15 is 0 Å². The fourth-order valence-corrected chi connectivity index (χ4v) is 3.99. The monoisotopic (exact) mass is 335 g/mol. The molecule has 3 aromatic rings. The lowest BCUT2D eigenvalue weighted by Gasteiger charge is -2.27. The Hall–Kier alpha value is -2.75. The number of phenolic OH excluding ortho intramolecular Hbond substituents is 1. The van der Waals surface area contributed by atoms with Crippen molar-refractivity contribution >= 4 is 22.6 Å². The van der Waals surface area contributed by atoms with E-state index in [-0.39, 0.29) is 17.1 Å². The van der Waals surface area contributed by atoms with Crippen LogP contribution in [0.3, 0.4) is 0 Å². The highest BCUT2D eigenvalue weighted by Gasteiger charge is 2.42. The topological polar surface area (TPSA) is 53.7 Å². The SMILES string of the molecule is CCC1(CC)CN(C(=O)c2coc3cc(O)ccc23)c2ccccc21. The summed E-state index contributed by atoms with van der Waals surface area (Å²) in [5, 5.41) is 10.3. The number of carbonyl (C=O) groups is 1. The van der Waals surface area contributed by atoms with Crippen LogP contribution in [0.5, 0.6) is 5.75 Å². The molecule has 4 nitrogen and oxygen atoms in total. The molecule has 0 atom stereocenters. The van der Waals surface area contributed by atoms with Crippen molar-refractivity contribution in [2.75, 3.05) is 11.4 Å². The summed E-state index contributed by atoms with van der Waals surface area (Å²) in [6.07, 6.45) is 3.47. The lowest BCUT2D eigenvalue weighted by atomic mass is 9.78. The smallest absolute Gasteiger partial charge is 0.262 e. The molecule has 2 aromatic carbocycles. The first-order chi connectivity index (χ1) is 12.1. The molecule has 1 N–H and O–H groups in total. The minimum absolute atomic E-state index is 0.00403. The van der Waals surface area contributed by atoms with Crippen molar-refractivity contribution in [1.82, 2.24) is 0 Å². The number of amides is 1. The second-order valence-corrected chi connectivity index (χ2v) is 6.73. The molecule has 4 rings (SSSR count). The van der Waals surface area contributed by atoms with Crippen LogP contribution in [-0.2, 0) is 5.41 Å². The van der Waals surface area contributed by atoms with Crippen LogP contribution in [0.25, 0.3) is 11.0 Å². The Labute approximate surface area is 146 Å². The van der Waals surface area contributed by atoms with Gasteiger partial charge in [0.1, 0.15) is 17.6 Å². The van der Waals surface area contributed by atoms with Crippen molar-refractivity contribution in [3.05, 3.63) is 59.9 Å². The summed E-state index contributed by atoms with van der Waals surface area (Å²) >= 11 is 0. The van der Waals surface area contributed by atoms with Gasteiger partial charge in [-0.25, -0.2) is 0 Å². The summed E-state index contributed by atoms with van der Waals surface area (Å²) in [7, 11) is 0. The number of carbonyl (C=O) groups excluding carboxylic acids is 1. The van der Waals surface area contributed by atoms with Gasteiger partial charge in [0.25, 0.3) is 5.91 Å². The number of fused-ring (bicyclic) bond motifs is 2. The van der Waals surface area contributed by atoms with Crippen molar-refractivity contribution in [2.24, 2.45) is 0 Å². The van der Waals surface area contributed by atoms with Crippen LogP contribution in [0.1, 0.15) is 42.6 Å². The number of anilines is 1. The zero-order chi connectivity index (χ0) is 17.6. The Balaban J connectivity index is 1.80. The Morgan fingerprint density at radius 2 is 1.96 bits per heavy atom. The molecule has 25 heavy (non-hydrogen) atoms. The van der Waals surface area contributed by atoms with Gasteiger partial charge in [0, 0.05) is 29.1 Å². The number of furan rings is 1. The van der Waals surface area contributed by atoms with Gasteiger partial charge in [-0.05, 0) is 36.6 Å². The number of aromatic hydroxyl groups is 1. The highest BCUT2D eigenvalue weighted by atomic mass is 16.3. The predicted molar refractivity (Wildman–Crippen MR) is 98.3 cm³/mol. The van der Waals surface area contributed by atoms with Crippen molar-refractivity contribution in [2.45, 2.75) is 32.1 Å². The molecular weight excluding hydrogens is 314 g/mol. The molecular formula is C21H21NO3. The Morgan fingerprint density at radius 3 is 2.72 bits per heavy atom. The van der Waals surface area contributed by atoms with Gasteiger partial charge in [0.2, 0.25) is 0 Å². The minimum atomic E-state index is -0.0549. The predicted octanol–water partition coefficient (Wildman–Crippen LogP) is 4.86. The molecule has 0 saturated heterocycles. The zero-order valence-corrected chi connectivity index (χ0v) is 14.5. The molecule has 128 valence electrons. The molecule has 0 bridgehead atoms. The van der Waals surface area contributed by atoms with E-state index in [0.717, 1.165) is 23.9 Å². The lowest BCUT2D eigenvalue weighted by molar-refractivity contribution is 0.0985. The van der Waals surface area contributed by atoms with Crippen LogP contribution >= 0.6 is 0 Å². The largest absolute Gasteiger partial charge is 0.508 e. The molecule has 2 heterocycles. The second-order valence-electron chi connectivity index (χ2n) is 6.73. The van der Waals surface area contributed by atoms with Crippen LogP contribution in [0.2, 0.25) is 0 Å². The molecule has 4 heteroatoms. The molecule has 1 amide bonds. The van der Waals surface area contributed by atoms with Gasteiger partial charge >= 0.3 is 0 Å². The fraction of sp³-hybridized carbons (Fsp3) is 0.286. The number of rotatable bonds is 3. The van der Waals surface area contributed by atoms with E-state index in [9.17, 15) is 9.90 Å². The fourth-order valence-electron chi connectivity index (χ4n) is 3.99. The average Bonchev–Trinajstić information content (AvgIpc) is 3.20. The maximum Gasteiger partial charge on any atom is 0.262 e. The number of hydrogen-bond acceptors (Lipinski definition) is 3. The molecule has 0 saturated carbocycles. The first-order valence-electron chi connectivity index (χ1n) is 8.71. The van der Waals surface area contributed by atoms with E-state index in [1.807, 2.05) is 23.1 Å². The summed E-state index contributed by atoms with van der Waals surface area (Å²) in [5.41, 5.74) is 3.30. The third-order valence-electron chi connectivity index (χ3n) is 5.62. The maximum absolute atomic E-state index is 13.3. The Bertz CT molecular complexity index is 953. The summed E-state index contributed by atoms with van der Waals surface area (Å²) in [5.74, 6) is 0.0732. The van der Waals surface area contributed by atoms with Crippen molar-refractivity contribution < 1.29 is 14.3 Å². The number of para-hydroxylation sites is 1. The summed E-state index contributed by atoms with van der Waals surface area (Å²) in [6, 6.07) is 13.0. The Morgan fingerprint density at radius 1 is 1.20 bits per heavy atom. The van der Waals surface area contributed by atoms with Crippen LogP contribution in [-0.4, -0.2) is 17.6 Å². The molecule has 0 fully saturated rings. The van der Waals surface area contributed by atoms with Crippen molar-refractivity contribution in [3.63, 3.8) is 0 Å². The highest BCUT2D eigenvalue weighted by molar-refractivity contribution is 6.14. The van der Waals surface area contributed by atoms with Gasteiger partial charge in [-0.2, -0.15) is 0 Å². The van der Waals surface area contributed by atoms with Gasteiger partial charge in [-0.3, -0.25) is 4.79 Å². The molecule has 0 spiro atoms. The van der Waals surface area contributed by atoms with E-state index in [0.29, 0.717) is 17.7 Å². The van der Waals surface area contributed by atoms with Crippen molar-refractivity contribution in [3.8, 4) is 5.75 Å². The van der Waals surface area contributed by atoms with Gasteiger partial charge in [0.05, 0.1) is 5.56 Å². The average molecular weight is 335 g/mol. The van der Waals surface area contributed by atoms with E-state index in [4.69, 9.17) is 4.42 Å². The molecule has 1 aliphatic heterocycles. The van der Waals surface area contributed by atoms with Crippen molar-refractivity contribution in [1.29, 1.82) is 0 Å². The normalized spacial score (nSPS) is 15.5. The molecule has 0 unspecified atom stereocenters. The van der Waals surface area contributed by atoms with Gasteiger partial charge in [0.15, 0.2) is 0 Å². The second kappa shape index (κ2) is 5.66. The summed E-state index contributed by atoms with van der Waals surface area (Å²) < 4.78 is 5.50. The maximum atomic E-state index is 13.3. The van der Waals surface area contributed by atoms with E-state index in [1.165, 1.54) is 17.9 Å². The van der Waals surface area contributed by atoms with Crippen LogP contribution in [0.15, 0.2) is 53.1 Å². The summed E-state index contributed by atoms with van der Waals surface area (Å²) in [4.78, 5) is 15.2. The Kier molecular flexibility index (Phi) is 3.57. The first kappa shape index (κ1) is 15.8.